The lowest BCUT2D eigenvalue weighted by molar-refractivity contribution is 0.381. The van der Waals surface area contributed by atoms with E-state index in [4.69, 9.17) is 23.2 Å². The Labute approximate surface area is 120 Å². The van der Waals surface area contributed by atoms with E-state index in [-0.39, 0.29) is 16.5 Å². The Balaban J connectivity index is 2.83. The van der Waals surface area contributed by atoms with Gasteiger partial charge in [-0.05, 0) is 17.7 Å². The molecule has 2 aromatic carbocycles. The fourth-order valence-corrected chi connectivity index (χ4v) is 2.07. The van der Waals surface area contributed by atoms with Gasteiger partial charge >= 0.3 is 0 Å². The van der Waals surface area contributed by atoms with Crippen molar-refractivity contribution in [1.29, 1.82) is 0 Å². The van der Waals surface area contributed by atoms with E-state index in [1.54, 1.807) is 0 Å². The van der Waals surface area contributed by atoms with Crippen molar-refractivity contribution >= 4 is 23.2 Å². The van der Waals surface area contributed by atoms with Crippen molar-refractivity contribution in [3.05, 3.63) is 57.9 Å². The van der Waals surface area contributed by atoms with Gasteiger partial charge in [0.25, 0.3) is 0 Å². The number of alkyl halides is 1. The van der Waals surface area contributed by atoms with E-state index >= 15 is 0 Å². The van der Waals surface area contributed by atoms with E-state index in [1.165, 1.54) is 18.2 Å². The maximum absolute atomic E-state index is 13.7. The predicted molar refractivity (Wildman–Crippen MR) is 66.2 cm³/mol. The van der Waals surface area contributed by atoms with Gasteiger partial charge in [0.1, 0.15) is 0 Å². The lowest BCUT2D eigenvalue weighted by Crippen LogP contribution is -2.04. The summed E-state index contributed by atoms with van der Waals surface area (Å²) >= 11 is 11.3. The molecule has 0 aliphatic heterocycles. The maximum Gasteiger partial charge on any atom is 0.200 e. The Bertz CT molecular complexity index is 656. The number of hydrogen-bond acceptors (Lipinski definition) is 0. The van der Waals surface area contributed by atoms with Crippen LogP contribution in [0.3, 0.4) is 0 Å². The summed E-state index contributed by atoms with van der Waals surface area (Å²) in [6.45, 7) is 0. The molecule has 0 saturated carbocycles. The molecule has 0 bridgehead atoms. The van der Waals surface area contributed by atoms with E-state index < -0.39 is 34.6 Å². The molecule has 0 heterocycles. The molecule has 0 radical (unpaired) electrons. The second-order valence-corrected chi connectivity index (χ2v) is 4.57. The fourth-order valence-electron chi connectivity index (χ4n) is 1.69. The number of rotatable bonds is 2. The normalized spacial score (nSPS) is 10.9. The van der Waals surface area contributed by atoms with E-state index in [0.29, 0.717) is 5.56 Å². The quantitative estimate of drug-likeness (QED) is 0.298. The molecule has 0 aliphatic rings. The average molecular weight is 327 g/mol. The van der Waals surface area contributed by atoms with Gasteiger partial charge in [0.05, 0.1) is 5.56 Å². The van der Waals surface area contributed by atoms with E-state index in [0.717, 1.165) is 0 Å². The molecule has 0 saturated heterocycles. The maximum atomic E-state index is 13.7. The van der Waals surface area contributed by atoms with Gasteiger partial charge in [0, 0.05) is 16.5 Å². The van der Waals surface area contributed by atoms with Crippen molar-refractivity contribution in [2.45, 2.75) is 5.88 Å². The van der Waals surface area contributed by atoms with Gasteiger partial charge in [0.2, 0.25) is 5.82 Å². The summed E-state index contributed by atoms with van der Waals surface area (Å²) in [4.78, 5) is 0. The summed E-state index contributed by atoms with van der Waals surface area (Å²) in [6.07, 6.45) is 0. The molecule has 7 heteroatoms. The molecule has 0 N–H and O–H groups in total. The highest BCUT2D eigenvalue weighted by atomic mass is 35.5. The van der Waals surface area contributed by atoms with Gasteiger partial charge in [-0.25, -0.2) is 22.0 Å². The Morgan fingerprint density at radius 1 is 0.800 bits per heavy atom. The van der Waals surface area contributed by atoms with Gasteiger partial charge in [0.15, 0.2) is 23.3 Å². The van der Waals surface area contributed by atoms with Crippen LogP contribution >= 0.6 is 23.2 Å². The average Bonchev–Trinajstić information content (AvgIpc) is 2.45. The van der Waals surface area contributed by atoms with E-state index in [9.17, 15) is 22.0 Å². The lowest BCUT2D eigenvalue weighted by Gasteiger charge is -2.11. The van der Waals surface area contributed by atoms with Gasteiger partial charge in [-0.1, -0.05) is 17.7 Å². The van der Waals surface area contributed by atoms with Crippen molar-refractivity contribution < 1.29 is 22.0 Å². The van der Waals surface area contributed by atoms with E-state index in [1.807, 2.05) is 0 Å². The highest BCUT2D eigenvalue weighted by molar-refractivity contribution is 6.33. The molecular weight excluding hydrogens is 322 g/mol. The minimum absolute atomic E-state index is 0.000431. The Hall–Kier alpha value is -1.33. The molecule has 0 aromatic heterocycles. The molecule has 0 atom stereocenters. The van der Waals surface area contributed by atoms with Gasteiger partial charge < -0.3 is 0 Å². The Morgan fingerprint density at radius 2 is 1.30 bits per heavy atom. The lowest BCUT2D eigenvalue weighted by atomic mass is 10.0. The van der Waals surface area contributed by atoms with Crippen LogP contribution in [0.15, 0.2) is 18.2 Å². The van der Waals surface area contributed by atoms with Crippen LogP contribution in [0.1, 0.15) is 5.56 Å². The summed E-state index contributed by atoms with van der Waals surface area (Å²) in [5, 5.41) is -0.151. The van der Waals surface area contributed by atoms with E-state index in [2.05, 4.69) is 0 Å². The second-order valence-electron chi connectivity index (χ2n) is 3.89. The third-order valence-electron chi connectivity index (χ3n) is 2.66. The van der Waals surface area contributed by atoms with Crippen molar-refractivity contribution in [2.75, 3.05) is 0 Å². The van der Waals surface area contributed by atoms with Crippen molar-refractivity contribution in [3.63, 3.8) is 0 Å². The predicted octanol–water partition coefficient (Wildman–Crippen LogP) is 5.44. The zero-order chi connectivity index (χ0) is 15.0. The van der Waals surface area contributed by atoms with Gasteiger partial charge in [-0.15, -0.1) is 11.6 Å². The van der Waals surface area contributed by atoms with Crippen molar-refractivity contribution in [3.8, 4) is 11.1 Å². The summed E-state index contributed by atoms with van der Waals surface area (Å²) in [6, 6.07) is 3.92. The monoisotopic (exact) mass is 326 g/mol. The van der Waals surface area contributed by atoms with Gasteiger partial charge in [-0.3, -0.25) is 0 Å². The molecule has 0 aliphatic carbocycles. The molecule has 20 heavy (non-hydrogen) atoms. The summed E-state index contributed by atoms with van der Waals surface area (Å²) in [7, 11) is 0. The summed E-state index contributed by atoms with van der Waals surface area (Å²) in [5.41, 5.74) is -0.953. The summed E-state index contributed by atoms with van der Waals surface area (Å²) in [5.74, 6) is -10.1. The second kappa shape index (κ2) is 5.58. The van der Waals surface area contributed by atoms with Crippen LogP contribution in [0.25, 0.3) is 11.1 Å². The number of hydrogen-bond donors (Lipinski definition) is 0. The topological polar surface area (TPSA) is 0 Å². The van der Waals surface area contributed by atoms with Crippen molar-refractivity contribution in [1.82, 2.24) is 0 Å². The number of benzene rings is 2. The molecule has 106 valence electrons. The van der Waals surface area contributed by atoms with Crippen LogP contribution < -0.4 is 0 Å². The minimum atomic E-state index is -2.21. The zero-order valence-electron chi connectivity index (χ0n) is 9.58. The van der Waals surface area contributed by atoms with Gasteiger partial charge in [-0.2, -0.15) is 0 Å². The first-order valence-electron chi connectivity index (χ1n) is 5.24. The summed E-state index contributed by atoms with van der Waals surface area (Å²) < 4.78 is 66.7. The van der Waals surface area contributed by atoms with Crippen LogP contribution in [-0.2, 0) is 5.88 Å². The number of halogens is 7. The molecule has 2 rings (SSSR count). The van der Waals surface area contributed by atoms with Crippen LogP contribution in [0.5, 0.6) is 0 Å². The van der Waals surface area contributed by atoms with Crippen molar-refractivity contribution in [2.24, 2.45) is 0 Å². The molecule has 0 fully saturated rings. The van der Waals surface area contributed by atoms with Crippen LogP contribution in [-0.4, -0.2) is 0 Å². The molecule has 2 aromatic rings. The Morgan fingerprint density at radius 3 is 1.80 bits per heavy atom. The first kappa shape index (κ1) is 15.1. The third-order valence-corrected chi connectivity index (χ3v) is 3.30. The largest absolute Gasteiger partial charge is 0.203 e. The smallest absolute Gasteiger partial charge is 0.200 e. The molecule has 0 nitrogen and oxygen atoms in total. The third kappa shape index (κ3) is 2.36. The minimum Gasteiger partial charge on any atom is -0.203 e. The SMILES string of the molecule is Fc1c(F)c(F)c(-c2cc(CCl)ccc2Cl)c(F)c1F. The standard InChI is InChI=1S/C13H5Cl2F5/c14-4-5-1-2-7(15)6(3-5)8-9(16)11(18)13(20)12(19)10(8)17/h1-3H,4H2. The van der Waals surface area contributed by atoms with Crippen LogP contribution in [0, 0.1) is 29.1 Å². The zero-order valence-corrected chi connectivity index (χ0v) is 11.1. The molecule has 0 spiro atoms. The Kier molecular flexibility index (Phi) is 4.20. The highest BCUT2D eigenvalue weighted by Crippen LogP contribution is 2.36. The molecular formula is C13H5Cl2F5. The molecule has 0 unspecified atom stereocenters. The van der Waals surface area contributed by atoms with Crippen LogP contribution in [0.4, 0.5) is 22.0 Å². The first-order valence-corrected chi connectivity index (χ1v) is 6.16. The molecule has 0 amide bonds. The first-order chi connectivity index (χ1) is 9.38. The van der Waals surface area contributed by atoms with Crippen LogP contribution in [0.2, 0.25) is 5.02 Å². The fraction of sp³-hybridized carbons (Fsp3) is 0.0769. The highest BCUT2D eigenvalue weighted by Gasteiger charge is 2.27.